The molecule has 6 nitrogen and oxygen atoms in total. The topological polar surface area (TPSA) is 56.8 Å². The van der Waals surface area contributed by atoms with E-state index in [1.807, 2.05) is 36.0 Å². The summed E-state index contributed by atoms with van der Waals surface area (Å²) in [5, 5.41) is 2.83. The largest absolute Gasteiger partial charge is 0.368 e. The van der Waals surface area contributed by atoms with Crippen LogP contribution in [0.15, 0.2) is 23.7 Å². The first-order chi connectivity index (χ1) is 20.5. The van der Waals surface area contributed by atoms with E-state index in [0.29, 0.717) is 38.2 Å². The highest BCUT2D eigenvalue weighted by Crippen LogP contribution is 2.44. The summed E-state index contributed by atoms with van der Waals surface area (Å²) in [6.45, 7) is 17.3. The number of benzene rings is 1. The van der Waals surface area contributed by atoms with Crippen molar-refractivity contribution in [1.29, 1.82) is 0 Å². The predicted molar refractivity (Wildman–Crippen MR) is 173 cm³/mol. The van der Waals surface area contributed by atoms with E-state index in [1.54, 1.807) is 38.3 Å². The summed E-state index contributed by atoms with van der Waals surface area (Å²) in [4.78, 5) is 38.9. The van der Waals surface area contributed by atoms with Gasteiger partial charge in [-0.05, 0) is 61.5 Å². The summed E-state index contributed by atoms with van der Waals surface area (Å²) in [5.74, 6) is -1.23. The van der Waals surface area contributed by atoms with Crippen molar-refractivity contribution in [1.82, 2.24) is 14.8 Å². The van der Waals surface area contributed by atoms with E-state index in [1.165, 1.54) is 12.1 Å². The van der Waals surface area contributed by atoms with Crippen molar-refractivity contribution in [3.63, 3.8) is 0 Å². The molecule has 1 unspecified atom stereocenters. The number of anilines is 1. The molecule has 1 saturated carbocycles. The van der Waals surface area contributed by atoms with E-state index in [4.69, 9.17) is 0 Å². The first-order valence-corrected chi connectivity index (χ1v) is 17.1. The average Bonchev–Trinajstić information content (AvgIpc) is 3.69. The van der Waals surface area contributed by atoms with Crippen LogP contribution in [0.5, 0.6) is 0 Å². The molecule has 2 amide bonds. The minimum absolute atomic E-state index is 0.0294. The minimum Gasteiger partial charge on any atom is -0.368 e. The van der Waals surface area contributed by atoms with Crippen LogP contribution >= 0.6 is 11.3 Å². The molecule has 1 aliphatic carbocycles. The lowest BCUT2D eigenvalue weighted by molar-refractivity contribution is -0.146. The Morgan fingerprint density at radius 2 is 1.68 bits per heavy atom. The highest BCUT2D eigenvalue weighted by atomic mass is 32.1. The Morgan fingerprint density at radius 1 is 1.00 bits per heavy atom. The van der Waals surface area contributed by atoms with Gasteiger partial charge in [0, 0.05) is 48.2 Å². The quantitative estimate of drug-likeness (QED) is 0.340. The van der Waals surface area contributed by atoms with Crippen LogP contribution in [0.25, 0.3) is 0 Å². The Morgan fingerprint density at radius 3 is 2.27 bits per heavy atom. The Bertz CT molecular complexity index is 1350. The summed E-state index contributed by atoms with van der Waals surface area (Å²) in [5.41, 5.74) is -0.511. The zero-order chi connectivity index (χ0) is 32.2. The van der Waals surface area contributed by atoms with Crippen LogP contribution in [0.3, 0.4) is 0 Å². The molecule has 0 N–H and O–H groups in total. The maximum absolute atomic E-state index is 15.7. The molecule has 2 aliphatic heterocycles. The maximum Gasteiger partial charge on any atom is 0.228 e. The second-order valence-electron chi connectivity index (χ2n) is 16.1. The summed E-state index contributed by atoms with van der Waals surface area (Å²) < 4.78 is 30.3. The van der Waals surface area contributed by atoms with Crippen molar-refractivity contribution >= 4 is 28.8 Å². The Labute approximate surface area is 266 Å². The van der Waals surface area contributed by atoms with Crippen LogP contribution in [0, 0.1) is 28.4 Å². The first kappa shape index (κ1) is 32.8. The number of aromatic nitrogens is 1. The van der Waals surface area contributed by atoms with E-state index in [2.05, 4.69) is 23.7 Å². The Hall–Kier alpha value is -2.55. The summed E-state index contributed by atoms with van der Waals surface area (Å²) in [7, 11) is 0. The lowest BCUT2D eigenvalue weighted by atomic mass is 9.74. The van der Waals surface area contributed by atoms with Crippen LogP contribution < -0.4 is 4.90 Å². The lowest BCUT2D eigenvalue weighted by Gasteiger charge is -2.45. The SMILES string of the molecule is CC1(C)CCC(N(C(=O)C(C)(C)C)[C@H]2C[C@H](c3nccs3)N(C(=O)C3CCN(c4ccc(F)c(C(C)(C)C)c4F)C3)C2)CC1. The molecule has 1 aromatic carbocycles. The Balaban J connectivity index is 1.40. The maximum atomic E-state index is 15.7. The number of carbonyl (C=O) groups excluding carboxylic acids is 2. The molecule has 242 valence electrons. The number of likely N-dealkylation sites (tertiary alicyclic amines) is 1. The van der Waals surface area contributed by atoms with Crippen molar-refractivity contribution < 1.29 is 18.4 Å². The molecule has 1 aromatic heterocycles. The van der Waals surface area contributed by atoms with Crippen molar-refractivity contribution in [3.8, 4) is 0 Å². The molecule has 9 heteroatoms. The number of nitrogens with zero attached hydrogens (tertiary/aromatic N) is 4. The number of hydrogen-bond donors (Lipinski definition) is 0. The van der Waals surface area contributed by atoms with E-state index in [0.717, 1.165) is 30.7 Å². The molecule has 2 saturated heterocycles. The fraction of sp³-hybridized carbons (Fsp3) is 0.686. The third kappa shape index (κ3) is 6.54. The average molecular weight is 629 g/mol. The molecule has 3 fully saturated rings. The highest BCUT2D eigenvalue weighted by Gasteiger charge is 2.48. The van der Waals surface area contributed by atoms with Gasteiger partial charge < -0.3 is 14.7 Å². The standard InChI is InChI=1S/C35H50F2N4O2S/c1-33(2,3)28-25(36)9-10-26(29(28)37)39-17-13-22(20-39)31(42)40-21-24(19-27(40)30-38-16-18-44-30)41(32(43)34(4,5)6)23-11-14-35(7,8)15-12-23/h9-10,16,18,22-24,27H,11-15,17,19-21H2,1-8H3/t22?,24-,27+/m0/s1. The lowest BCUT2D eigenvalue weighted by Crippen LogP contribution is -2.54. The van der Waals surface area contributed by atoms with Crippen molar-refractivity contribution in [3.05, 3.63) is 45.9 Å². The van der Waals surface area contributed by atoms with Crippen LogP contribution in [0.1, 0.15) is 111 Å². The van der Waals surface area contributed by atoms with E-state index in [9.17, 15) is 14.0 Å². The molecular weight excluding hydrogens is 578 g/mol. The fourth-order valence-corrected chi connectivity index (χ4v) is 8.22. The van der Waals surface area contributed by atoms with E-state index < -0.39 is 22.5 Å². The molecule has 3 atom stereocenters. The van der Waals surface area contributed by atoms with Crippen LogP contribution in [-0.2, 0) is 15.0 Å². The van der Waals surface area contributed by atoms with E-state index >= 15 is 4.39 Å². The van der Waals surface area contributed by atoms with Gasteiger partial charge in [-0.3, -0.25) is 9.59 Å². The number of amides is 2. The second kappa shape index (κ2) is 12.0. The van der Waals surface area contributed by atoms with Crippen molar-refractivity contribution in [2.45, 2.75) is 117 Å². The van der Waals surface area contributed by atoms with Gasteiger partial charge in [-0.15, -0.1) is 11.3 Å². The van der Waals surface area contributed by atoms with Crippen LogP contribution in [0.2, 0.25) is 0 Å². The number of thiazole rings is 1. The van der Waals surface area contributed by atoms with Gasteiger partial charge >= 0.3 is 0 Å². The molecule has 0 spiro atoms. The molecule has 5 rings (SSSR count). The number of carbonyl (C=O) groups is 2. The summed E-state index contributed by atoms with van der Waals surface area (Å²) in [6, 6.07) is 2.70. The molecule has 3 heterocycles. The van der Waals surface area contributed by atoms with Gasteiger partial charge in [-0.25, -0.2) is 13.8 Å². The van der Waals surface area contributed by atoms with Crippen LogP contribution in [0.4, 0.5) is 14.5 Å². The summed E-state index contributed by atoms with van der Waals surface area (Å²) in [6.07, 6.45) is 7.13. The van der Waals surface area contributed by atoms with Crippen molar-refractivity contribution in [2.24, 2.45) is 16.7 Å². The van der Waals surface area contributed by atoms with Gasteiger partial charge in [0.1, 0.15) is 10.8 Å². The fourth-order valence-electron chi connectivity index (χ4n) is 7.46. The third-order valence-corrected chi connectivity index (χ3v) is 10.8. The first-order valence-electron chi connectivity index (χ1n) is 16.2. The van der Waals surface area contributed by atoms with Gasteiger partial charge in [0.25, 0.3) is 0 Å². The Kier molecular flexibility index (Phi) is 8.95. The van der Waals surface area contributed by atoms with Gasteiger partial charge in [-0.1, -0.05) is 55.4 Å². The van der Waals surface area contributed by atoms with Crippen LogP contribution in [-0.4, -0.2) is 58.3 Å². The number of hydrogen-bond acceptors (Lipinski definition) is 5. The molecule has 44 heavy (non-hydrogen) atoms. The number of rotatable bonds is 5. The van der Waals surface area contributed by atoms with Gasteiger partial charge in [0.2, 0.25) is 11.8 Å². The van der Waals surface area contributed by atoms with E-state index in [-0.39, 0.29) is 46.8 Å². The minimum atomic E-state index is -0.685. The summed E-state index contributed by atoms with van der Waals surface area (Å²) >= 11 is 1.55. The second-order valence-corrected chi connectivity index (χ2v) is 17.0. The van der Waals surface area contributed by atoms with Gasteiger partial charge in [0.05, 0.1) is 23.7 Å². The smallest absolute Gasteiger partial charge is 0.228 e. The van der Waals surface area contributed by atoms with Gasteiger partial charge in [0.15, 0.2) is 5.82 Å². The predicted octanol–water partition coefficient (Wildman–Crippen LogP) is 7.73. The zero-order valence-corrected chi connectivity index (χ0v) is 28.6. The van der Waals surface area contributed by atoms with Gasteiger partial charge in [-0.2, -0.15) is 0 Å². The normalized spacial score (nSPS) is 24.6. The van der Waals surface area contributed by atoms with Crippen molar-refractivity contribution in [2.75, 3.05) is 24.5 Å². The zero-order valence-electron chi connectivity index (χ0n) is 27.8. The highest BCUT2D eigenvalue weighted by molar-refractivity contribution is 7.09. The molecule has 3 aliphatic rings. The molecule has 0 radical (unpaired) electrons. The molecule has 2 aromatic rings. The number of halogens is 2. The molecule has 0 bridgehead atoms. The monoisotopic (exact) mass is 628 g/mol. The third-order valence-electron chi connectivity index (χ3n) is 9.97. The molecular formula is C35H50F2N4O2S.